The van der Waals surface area contributed by atoms with Crippen molar-refractivity contribution in [2.45, 2.75) is 18.2 Å². The Morgan fingerprint density at radius 3 is 3.00 bits per heavy atom. The Morgan fingerprint density at radius 1 is 1.53 bits per heavy atom. The van der Waals surface area contributed by atoms with Gasteiger partial charge in [-0.1, -0.05) is 6.92 Å². The number of halogens is 1. The van der Waals surface area contributed by atoms with Gasteiger partial charge in [0.15, 0.2) is 9.84 Å². The lowest BCUT2D eigenvalue weighted by Gasteiger charge is -2.35. The van der Waals surface area contributed by atoms with Crippen LogP contribution in [0.1, 0.15) is 12.6 Å². The summed E-state index contributed by atoms with van der Waals surface area (Å²) in [5.74, 6) is 2.47. The summed E-state index contributed by atoms with van der Waals surface area (Å²) in [7, 11) is -3.13. The lowest BCUT2D eigenvalue weighted by Crippen LogP contribution is -2.48. The fourth-order valence-corrected chi connectivity index (χ4v) is 5.04. The topological polar surface area (TPSA) is 63.2 Å². The van der Waals surface area contributed by atoms with E-state index in [-0.39, 0.29) is 11.6 Å². The maximum absolute atomic E-state index is 12.2. The number of nitrogens with zero attached hydrogens (tertiary/aromatic N) is 3. The summed E-state index contributed by atoms with van der Waals surface area (Å²) < 4.78 is 24.3. The van der Waals surface area contributed by atoms with Crippen LogP contribution in [-0.4, -0.2) is 47.6 Å². The number of rotatable bonds is 4. The highest BCUT2D eigenvalue weighted by Gasteiger charge is 2.33. The van der Waals surface area contributed by atoms with Crippen molar-refractivity contribution >= 4 is 39.0 Å². The van der Waals surface area contributed by atoms with Crippen molar-refractivity contribution in [2.24, 2.45) is 0 Å². The van der Waals surface area contributed by atoms with Crippen LogP contribution in [0.2, 0.25) is 0 Å². The molecule has 0 spiro atoms. The Balaban J connectivity index is 2.34. The minimum absolute atomic E-state index is 0.136. The van der Waals surface area contributed by atoms with Gasteiger partial charge in [-0.2, -0.15) is 11.8 Å². The summed E-state index contributed by atoms with van der Waals surface area (Å²) in [6, 6.07) is 0. The molecule has 2 rings (SSSR count). The molecule has 1 aromatic rings. The third kappa shape index (κ3) is 3.32. The summed E-state index contributed by atoms with van der Waals surface area (Å²) >= 11 is 7.41. The Bertz CT molecular complexity index is 538. The zero-order chi connectivity index (χ0) is 13.9. The highest BCUT2D eigenvalue weighted by Crippen LogP contribution is 2.25. The van der Waals surface area contributed by atoms with Crippen LogP contribution in [0.5, 0.6) is 0 Å². The summed E-state index contributed by atoms with van der Waals surface area (Å²) in [5, 5.41) is -0.517. The Kier molecular flexibility index (Phi) is 4.92. The van der Waals surface area contributed by atoms with Gasteiger partial charge in [0.05, 0.1) is 17.8 Å². The molecule has 0 aromatic carbocycles. The second kappa shape index (κ2) is 6.28. The average Bonchev–Trinajstić information content (AvgIpc) is 2.47. The Labute approximate surface area is 122 Å². The highest BCUT2D eigenvalue weighted by atomic mass is 35.5. The third-order valence-corrected chi connectivity index (χ3v) is 6.57. The average molecular weight is 322 g/mol. The first kappa shape index (κ1) is 14.9. The molecule has 2 heterocycles. The largest absolute Gasteiger partial charge is 0.337 e. The Morgan fingerprint density at radius 2 is 2.32 bits per heavy atom. The van der Waals surface area contributed by atoms with Crippen LogP contribution in [-0.2, 0) is 15.7 Å². The van der Waals surface area contributed by atoms with Gasteiger partial charge in [0.2, 0.25) is 0 Å². The molecule has 1 aromatic heterocycles. The van der Waals surface area contributed by atoms with Gasteiger partial charge < -0.3 is 4.90 Å². The molecule has 1 aliphatic heterocycles. The third-order valence-electron chi connectivity index (χ3n) is 3.00. The van der Waals surface area contributed by atoms with E-state index in [0.29, 0.717) is 23.8 Å². The van der Waals surface area contributed by atoms with Crippen molar-refractivity contribution in [3.63, 3.8) is 0 Å². The van der Waals surface area contributed by atoms with Crippen LogP contribution >= 0.6 is 23.4 Å². The highest BCUT2D eigenvalue weighted by molar-refractivity contribution is 8.01. The monoisotopic (exact) mass is 321 g/mol. The van der Waals surface area contributed by atoms with E-state index in [4.69, 9.17) is 11.6 Å². The van der Waals surface area contributed by atoms with Crippen LogP contribution in [0.4, 0.5) is 5.82 Å². The van der Waals surface area contributed by atoms with E-state index in [1.807, 2.05) is 4.90 Å². The van der Waals surface area contributed by atoms with Gasteiger partial charge in [-0.05, 0) is 0 Å². The van der Waals surface area contributed by atoms with E-state index in [9.17, 15) is 8.42 Å². The quantitative estimate of drug-likeness (QED) is 0.784. The maximum Gasteiger partial charge on any atom is 0.171 e. The van der Waals surface area contributed by atoms with Crippen LogP contribution < -0.4 is 4.90 Å². The molecule has 0 bridgehead atoms. The molecule has 1 atom stereocenters. The minimum Gasteiger partial charge on any atom is -0.337 e. The molecule has 1 aliphatic rings. The van der Waals surface area contributed by atoms with Gasteiger partial charge in [0.25, 0.3) is 0 Å². The first-order valence-corrected chi connectivity index (χ1v) is 9.41. The first-order chi connectivity index (χ1) is 9.08. The molecule has 1 fully saturated rings. The van der Waals surface area contributed by atoms with E-state index in [1.165, 1.54) is 0 Å². The molecule has 0 aliphatic carbocycles. The second-order valence-corrected chi connectivity index (χ2v) is 8.04. The van der Waals surface area contributed by atoms with Crippen molar-refractivity contribution in [2.75, 3.05) is 28.7 Å². The second-order valence-electron chi connectivity index (χ2n) is 4.18. The van der Waals surface area contributed by atoms with Gasteiger partial charge >= 0.3 is 0 Å². The fourth-order valence-electron chi connectivity index (χ4n) is 1.93. The van der Waals surface area contributed by atoms with E-state index in [0.717, 1.165) is 5.75 Å². The van der Waals surface area contributed by atoms with Gasteiger partial charge in [0, 0.05) is 30.0 Å². The molecule has 0 amide bonds. The summed E-state index contributed by atoms with van der Waals surface area (Å²) in [5.41, 5.74) is 0.657. The molecule has 5 nitrogen and oxygen atoms in total. The van der Waals surface area contributed by atoms with Gasteiger partial charge in [0.1, 0.15) is 11.2 Å². The molecule has 106 valence electrons. The Hall–Kier alpha value is -0.530. The molecule has 0 radical (unpaired) electrons. The predicted molar refractivity (Wildman–Crippen MR) is 79.5 cm³/mol. The van der Waals surface area contributed by atoms with Gasteiger partial charge in [-0.3, -0.25) is 4.98 Å². The van der Waals surface area contributed by atoms with Crippen molar-refractivity contribution in [1.82, 2.24) is 9.97 Å². The molecule has 8 heteroatoms. The van der Waals surface area contributed by atoms with Crippen molar-refractivity contribution in [1.29, 1.82) is 0 Å². The minimum atomic E-state index is -3.13. The van der Waals surface area contributed by atoms with Crippen molar-refractivity contribution in [3.8, 4) is 0 Å². The van der Waals surface area contributed by atoms with E-state index in [2.05, 4.69) is 9.97 Å². The first-order valence-electron chi connectivity index (χ1n) is 6.01. The van der Waals surface area contributed by atoms with Crippen molar-refractivity contribution < 1.29 is 8.42 Å². The standard InChI is InChI=1S/C11H16ClN3O2S2/c1-2-19(16,17)11-8-18-4-3-15(11)10-7-13-6-9(5-12)14-10/h6-7,11H,2-5,8H2,1H3. The zero-order valence-corrected chi connectivity index (χ0v) is 13.0. The lowest BCUT2D eigenvalue weighted by molar-refractivity contribution is 0.578. The summed E-state index contributed by atoms with van der Waals surface area (Å²) in [4.78, 5) is 10.3. The van der Waals surface area contributed by atoms with E-state index < -0.39 is 15.2 Å². The van der Waals surface area contributed by atoms with E-state index in [1.54, 1.807) is 31.1 Å². The summed E-state index contributed by atoms with van der Waals surface area (Å²) in [6.07, 6.45) is 3.20. The van der Waals surface area contributed by atoms with E-state index >= 15 is 0 Å². The number of hydrogen-bond acceptors (Lipinski definition) is 6. The fraction of sp³-hybridized carbons (Fsp3) is 0.636. The lowest BCUT2D eigenvalue weighted by atomic mass is 10.4. The number of thioether (sulfide) groups is 1. The van der Waals surface area contributed by atoms with Gasteiger partial charge in [-0.25, -0.2) is 13.4 Å². The van der Waals surface area contributed by atoms with Crippen molar-refractivity contribution in [3.05, 3.63) is 18.1 Å². The maximum atomic E-state index is 12.2. The summed E-state index contributed by atoms with van der Waals surface area (Å²) in [6.45, 7) is 2.34. The molecule has 0 N–H and O–H groups in total. The number of hydrogen-bond donors (Lipinski definition) is 0. The number of anilines is 1. The van der Waals surface area contributed by atoms with Crippen LogP contribution in [0.15, 0.2) is 12.4 Å². The van der Waals surface area contributed by atoms with Gasteiger partial charge in [-0.15, -0.1) is 11.6 Å². The molecule has 0 saturated carbocycles. The SMILES string of the molecule is CCS(=O)(=O)C1CSCCN1c1cncc(CCl)n1. The molecule has 1 unspecified atom stereocenters. The van der Waals surface area contributed by atoms with Crippen LogP contribution in [0.3, 0.4) is 0 Å². The number of alkyl halides is 1. The van der Waals surface area contributed by atoms with Crippen LogP contribution in [0, 0.1) is 0 Å². The number of sulfone groups is 1. The number of aromatic nitrogens is 2. The normalized spacial score (nSPS) is 20.5. The molecular weight excluding hydrogens is 306 g/mol. The molecule has 1 saturated heterocycles. The zero-order valence-electron chi connectivity index (χ0n) is 10.6. The molecular formula is C11H16ClN3O2S2. The predicted octanol–water partition coefficient (Wildman–Crippen LogP) is 1.53. The smallest absolute Gasteiger partial charge is 0.171 e. The van der Waals surface area contributed by atoms with Crippen LogP contribution in [0.25, 0.3) is 0 Å². The molecule has 19 heavy (non-hydrogen) atoms.